The van der Waals surface area contributed by atoms with Crippen LogP contribution in [0.5, 0.6) is 0 Å². The van der Waals surface area contributed by atoms with E-state index in [-0.39, 0.29) is 12.1 Å². The summed E-state index contributed by atoms with van der Waals surface area (Å²) in [6, 6.07) is 8.22. The Labute approximate surface area is 84.1 Å². The lowest BCUT2D eigenvalue weighted by molar-refractivity contribution is 0.495. The molecule has 1 aliphatic rings. The zero-order chi connectivity index (χ0) is 10.0. The Kier molecular flexibility index (Phi) is 2.55. The third-order valence-electron chi connectivity index (χ3n) is 3.17. The Bertz CT molecular complexity index is 318. The molecule has 2 rings (SSSR count). The SMILES string of the molecule is NCC1(c2cccc(CCF)c2)CC1. The van der Waals surface area contributed by atoms with E-state index in [4.69, 9.17) is 5.73 Å². The average Bonchev–Trinajstić information content (AvgIpc) is 2.99. The Balaban J connectivity index is 2.22. The molecule has 0 heterocycles. The van der Waals surface area contributed by atoms with Gasteiger partial charge in [0.1, 0.15) is 0 Å². The van der Waals surface area contributed by atoms with Crippen molar-refractivity contribution in [3.63, 3.8) is 0 Å². The van der Waals surface area contributed by atoms with E-state index in [1.54, 1.807) is 0 Å². The molecule has 1 saturated carbocycles. The van der Waals surface area contributed by atoms with E-state index in [9.17, 15) is 4.39 Å². The maximum absolute atomic E-state index is 12.2. The van der Waals surface area contributed by atoms with Crippen molar-refractivity contribution in [1.29, 1.82) is 0 Å². The predicted octanol–water partition coefficient (Wildman–Crippen LogP) is 2.19. The van der Waals surface area contributed by atoms with Gasteiger partial charge in [-0.15, -0.1) is 0 Å². The monoisotopic (exact) mass is 193 g/mol. The van der Waals surface area contributed by atoms with Gasteiger partial charge in [0.05, 0.1) is 6.67 Å². The quantitative estimate of drug-likeness (QED) is 0.779. The van der Waals surface area contributed by atoms with Crippen molar-refractivity contribution >= 4 is 0 Å². The van der Waals surface area contributed by atoms with Crippen molar-refractivity contribution < 1.29 is 4.39 Å². The number of halogens is 1. The van der Waals surface area contributed by atoms with Gasteiger partial charge < -0.3 is 5.73 Å². The van der Waals surface area contributed by atoms with E-state index >= 15 is 0 Å². The zero-order valence-electron chi connectivity index (χ0n) is 8.30. The van der Waals surface area contributed by atoms with Crippen LogP contribution in [-0.2, 0) is 11.8 Å². The third-order valence-corrected chi connectivity index (χ3v) is 3.17. The number of hydrogen-bond donors (Lipinski definition) is 1. The molecule has 1 aliphatic carbocycles. The van der Waals surface area contributed by atoms with E-state index < -0.39 is 0 Å². The summed E-state index contributed by atoms with van der Waals surface area (Å²) in [5.41, 5.74) is 8.36. The van der Waals surface area contributed by atoms with Gasteiger partial charge >= 0.3 is 0 Å². The number of aryl methyl sites for hydroxylation is 1. The first-order valence-corrected chi connectivity index (χ1v) is 5.16. The molecular formula is C12H16FN. The topological polar surface area (TPSA) is 26.0 Å². The second-order valence-electron chi connectivity index (χ2n) is 4.12. The van der Waals surface area contributed by atoms with E-state index in [1.807, 2.05) is 12.1 Å². The van der Waals surface area contributed by atoms with E-state index in [2.05, 4.69) is 12.1 Å². The Morgan fingerprint density at radius 3 is 2.71 bits per heavy atom. The van der Waals surface area contributed by atoms with Crippen LogP contribution >= 0.6 is 0 Å². The molecule has 2 heteroatoms. The van der Waals surface area contributed by atoms with E-state index in [0.29, 0.717) is 13.0 Å². The summed E-state index contributed by atoms with van der Waals surface area (Å²) in [5, 5.41) is 0. The predicted molar refractivity (Wildman–Crippen MR) is 56.1 cm³/mol. The van der Waals surface area contributed by atoms with Crippen molar-refractivity contribution in [2.75, 3.05) is 13.2 Å². The fourth-order valence-corrected chi connectivity index (χ4v) is 1.93. The maximum Gasteiger partial charge on any atom is 0.0934 e. The molecule has 0 unspecified atom stereocenters. The molecule has 0 amide bonds. The molecule has 0 radical (unpaired) electrons. The molecular weight excluding hydrogens is 177 g/mol. The van der Waals surface area contributed by atoms with Gasteiger partial charge in [-0.3, -0.25) is 4.39 Å². The highest BCUT2D eigenvalue weighted by atomic mass is 19.1. The van der Waals surface area contributed by atoms with Crippen LogP contribution in [0.25, 0.3) is 0 Å². The number of hydrogen-bond acceptors (Lipinski definition) is 1. The molecule has 76 valence electrons. The second kappa shape index (κ2) is 3.70. The van der Waals surface area contributed by atoms with Crippen LogP contribution in [0.2, 0.25) is 0 Å². The van der Waals surface area contributed by atoms with Gasteiger partial charge in [-0.1, -0.05) is 24.3 Å². The molecule has 0 atom stereocenters. The lowest BCUT2D eigenvalue weighted by Crippen LogP contribution is -2.19. The highest BCUT2D eigenvalue weighted by Gasteiger charge is 2.42. The lowest BCUT2D eigenvalue weighted by Gasteiger charge is -2.13. The standard InChI is InChI=1S/C12H16FN/c13-7-4-10-2-1-3-11(8-10)12(9-14)5-6-12/h1-3,8H,4-7,9,14H2. The summed E-state index contributed by atoms with van der Waals surface area (Å²) in [4.78, 5) is 0. The van der Waals surface area contributed by atoms with Crippen molar-refractivity contribution in [2.24, 2.45) is 5.73 Å². The summed E-state index contributed by atoms with van der Waals surface area (Å²) < 4.78 is 12.2. The minimum atomic E-state index is -0.279. The van der Waals surface area contributed by atoms with Crippen LogP contribution < -0.4 is 5.73 Å². The molecule has 14 heavy (non-hydrogen) atoms. The summed E-state index contributed by atoms with van der Waals surface area (Å²) in [7, 11) is 0. The minimum Gasteiger partial charge on any atom is -0.330 e. The summed E-state index contributed by atoms with van der Waals surface area (Å²) in [5.74, 6) is 0. The molecule has 1 aromatic carbocycles. The number of nitrogens with two attached hydrogens (primary N) is 1. The van der Waals surface area contributed by atoms with Gasteiger partial charge in [-0.05, 0) is 24.0 Å². The second-order valence-corrected chi connectivity index (χ2v) is 4.12. The van der Waals surface area contributed by atoms with Gasteiger partial charge in [0.15, 0.2) is 0 Å². The Hall–Kier alpha value is -0.890. The first kappa shape index (κ1) is 9.66. The molecule has 1 fully saturated rings. The number of benzene rings is 1. The molecule has 2 N–H and O–H groups in total. The lowest BCUT2D eigenvalue weighted by atomic mass is 9.94. The Morgan fingerprint density at radius 1 is 1.36 bits per heavy atom. The first-order chi connectivity index (χ1) is 6.80. The number of alkyl halides is 1. The average molecular weight is 193 g/mol. The zero-order valence-corrected chi connectivity index (χ0v) is 8.30. The molecule has 0 aromatic heterocycles. The molecule has 1 nitrogen and oxygen atoms in total. The van der Waals surface area contributed by atoms with Crippen molar-refractivity contribution in [2.45, 2.75) is 24.7 Å². The van der Waals surface area contributed by atoms with Crippen LogP contribution in [-0.4, -0.2) is 13.2 Å². The maximum atomic E-state index is 12.2. The van der Waals surface area contributed by atoms with Crippen molar-refractivity contribution in [3.05, 3.63) is 35.4 Å². The summed E-state index contributed by atoms with van der Waals surface area (Å²) in [6.45, 7) is 0.436. The van der Waals surface area contributed by atoms with Gasteiger partial charge in [0.2, 0.25) is 0 Å². The van der Waals surface area contributed by atoms with Crippen LogP contribution in [0.15, 0.2) is 24.3 Å². The van der Waals surface area contributed by atoms with Crippen molar-refractivity contribution in [1.82, 2.24) is 0 Å². The minimum absolute atomic E-state index is 0.228. The largest absolute Gasteiger partial charge is 0.330 e. The van der Waals surface area contributed by atoms with Gasteiger partial charge in [-0.25, -0.2) is 0 Å². The van der Waals surface area contributed by atoms with Crippen molar-refractivity contribution in [3.8, 4) is 0 Å². The van der Waals surface area contributed by atoms with Crippen LogP contribution in [0.3, 0.4) is 0 Å². The molecule has 0 saturated heterocycles. The fraction of sp³-hybridized carbons (Fsp3) is 0.500. The highest BCUT2D eigenvalue weighted by Crippen LogP contribution is 2.47. The van der Waals surface area contributed by atoms with Crippen LogP contribution in [0.1, 0.15) is 24.0 Å². The normalized spacial score (nSPS) is 18.1. The molecule has 0 aliphatic heterocycles. The van der Waals surface area contributed by atoms with Crippen LogP contribution in [0, 0.1) is 0 Å². The summed E-state index contributed by atoms with van der Waals surface area (Å²) >= 11 is 0. The highest BCUT2D eigenvalue weighted by molar-refractivity contribution is 5.35. The smallest absolute Gasteiger partial charge is 0.0934 e. The molecule has 0 spiro atoms. The van der Waals surface area contributed by atoms with Gasteiger partial charge in [0.25, 0.3) is 0 Å². The Morgan fingerprint density at radius 2 is 2.14 bits per heavy atom. The number of rotatable bonds is 4. The van der Waals surface area contributed by atoms with Gasteiger partial charge in [0, 0.05) is 18.4 Å². The van der Waals surface area contributed by atoms with E-state index in [1.165, 1.54) is 18.4 Å². The van der Waals surface area contributed by atoms with Gasteiger partial charge in [-0.2, -0.15) is 0 Å². The first-order valence-electron chi connectivity index (χ1n) is 5.16. The van der Waals surface area contributed by atoms with E-state index in [0.717, 1.165) is 5.56 Å². The summed E-state index contributed by atoms with van der Waals surface area (Å²) in [6.07, 6.45) is 2.89. The van der Waals surface area contributed by atoms with Crippen LogP contribution in [0.4, 0.5) is 4.39 Å². The fourth-order valence-electron chi connectivity index (χ4n) is 1.93. The third kappa shape index (κ3) is 1.67. The molecule has 1 aromatic rings. The molecule has 0 bridgehead atoms.